The highest BCUT2D eigenvalue weighted by atomic mass is 16.5. The lowest BCUT2D eigenvalue weighted by atomic mass is 9.80. The smallest absolute Gasteiger partial charge is 0.123 e. The van der Waals surface area contributed by atoms with Gasteiger partial charge in [-0.05, 0) is 73.9 Å². The van der Waals surface area contributed by atoms with Gasteiger partial charge in [-0.3, -0.25) is 0 Å². The average molecular weight is 472 g/mol. The van der Waals surface area contributed by atoms with E-state index in [0.29, 0.717) is 19.1 Å². The first-order valence-electron chi connectivity index (χ1n) is 13.0. The van der Waals surface area contributed by atoms with Gasteiger partial charge < -0.3 is 10.5 Å². The summed E-state index contributed by atoms with van der Waals surface area (Å²) in [5.74, 6) is 1.33. The lowest BCUT2D eigenvalue weighted by Gasteiger charge is -2.25. The third-order valence-electron chi connectivity index (χ3n) is 7.69. The molecule has 2 N–H and O–H groups in total. The van der Waals surface area contributed by atoms with E-state index >= 15 is 0 Å². The minimum absolute atomic E-state index is 0.0968. The molecule has 2 aliphatic carbocycles. The van der Waals surface area contributed by atoms with Crippen molar-refractivity contribution in [1.29, 1.82) is 0 Å². The zero-order chi connectivity index (χ0) is 24.7. The first kappa shape index (κ1) is 22.8. The van der Waals surface area contributed by atoms with E-state index in [4.69, 9.17) is 10.5 Å². The van der Waals surface area contributed by atoms with Gasteiger partial charge in [-0.2, -0.15) is 0 Å². The van der Waals surface area contributed by atoms with Gasteiger partial charge in [-0.1, -0.05) is 105 Å². The molecule has 0 aromatic heterocycles. The number of rotatable bonds is 5. The van der Waals surface area contributed by atoms with Crippen LogP contribution in [0.5, 0.6) is 5.75 Å². The molecule has 0 radical (unpaired) electrons. The summed E-state index contributed by atoms with van der Waals surface area (Å²) < 4.78 is 6.41. The molecule has 2 heteroatoms. The van der Waals surface area contributed by atoms with Gasteiger partial charge in [0.1, 0.15) is 12.4 Å². The quantitative estimate of drug-likeness (QED) is 0.375. The van der Waals surface area contributed by atoms with Crippen LogP contribution in [0.25, 0.3) is 29.0 Å². The standard InChI is InChI=1S/C34H33NO/c1-34(2)17-16-28-27(20-34)12-15-31-30(28)14-11-25-9-10-26(19-32(25)31)29-13-8-24(21-35)18-33(29)36-22-23-6-4-3-5-7-23/h3-9,11-18,20,26H,10,19,21-22,35H2,1-2H3. The molecule has 2 aliphatic rings. The van der Waals surface area contributed by atoms with Crippen LogP contribution < -0.4 is 20.9 Å². The SMILES string of the molecule is CC1(C)C=Cc2c(ccc3c4c(ccc23)=CCC(c2ccc(CN)cc2OCc2ccccc2)C4)=C1. The fourth-order valence-electron chi connectivity index (χ4n) is 5.74. The molecule has 36 heavy (non-hydrogen) atoms. The zero-order valence-electron chi connectivity index (χ0n) is 21.1. The Balaban J connectivity index is 1.38. The van der Waals surface area contributed by atoms with E-state index in [2.05, 4.69) is 105 Å². The minimum Gasteiger partial charge on any atom is -0.489 e. The summed E-state index contributed by atoms with van der Waals surface area (Å²) in [6, 6.07) is 26.1. The lowest BCUT2D eigenvalue weighted by Crippen LogP contribution is -2.22. The first-order valence-corrected chi connectivity index (χ1v) is 13.0. The molecule has 0 heterocycles. The molecular formula is C34H33NO. The van der Waals surface area contributed by atoms with Crippen LogP contribution in [0.3, 0.4) is 0 Å². The molecule has 4 aromatic rings. The summed E-state index contributed by atoms with van der Waals surface area (Å²) >= 11 is 0. The van der Waals surface area contributed by atoms with Crippen LogP contribution in [0.1, 0.15) is 54.0 Å². The van der Waals surface area contributed by atoms with E-state index in [-0.39, 0.29) is 5.41 Å². The highest BCUT2D eigenvalue weighted by molar-refractivity contribution is 5.94. The van der Waals surface area contributed by atoms with E-state index in [9.17, 15) is 0 Å². The van der Waals surface area contributed by atoms with Gasteiger partial charge in [0.2, 0.25) is 0 Å². The van der Waals surface area contributed by atoms with Crippen LogP contribution in [-0.2, 0) is 19.6 Å². The van der Waals surface area contributed by atoms with E-state index in [1.165, 1.54) is 43.5 Å². The van der Waals surface area contributed by atoms with Crippen molar-refractivity contribution < 1.29 is 4.74 Å². The van der Waals surface area contributed by atoms with Crippen molar-refractivity contribution >= 4 is 29.0 Å². The second-order valence-corrected chi connectivity index (χ2v) is 10.8. The fourth-order valence-corrected chi connectivity index (χ4v) is 5.74. The number of benzene rings is 4. The van der Waals surface area contributed by atoms with Crippen molar-refractivity contribution in [2.24, 2.45) is 11.1 Å². The van der Waals surface area contributed by atoms with Crippen LogP contribution in [0.15, 0.2) is 78.9 Å². The van der Waals surface area contributed by atoms with Crippen molar-refractivity contribution in [3.8, 4) is 5.75 Å². The molecule has 0 amide bonds. The summed E-state index contributed by atoms with van der Waals surface area (Å²) in [5.41, 5.74) is 12.4. The van der Waals surface area contributed by atoms with Crippen molar-refractivity contribution in [2.45, 2.75) is 45.8 Å². The number of hydrogen-bond donors (Lipinski definition) is 1. The van der Waals surface area contributed by atoms with Crippen molar-refractivity contribution in [3.63, 3.8) is 0 Å². The van der Waals surface area contributed by atoms with Gasteiger partial charge in [0, 0.05) is 12.0 Å². The molecule has 0 saturated heterocycles. The molecule has 0 bridgehead atoms. The Kier molecular flexibility index (Phi) is 5.78. The normalized spacial score (nSPS) is 17.6. The maximum absolute atomic E-state index is 6.41. The Bertz CT molecular complexity index is 1590. The van der Waals surface area contributed by atoms with Crippen LogP contribution in [-0.4, -0.2) is 0 Å². The molecule has 0 fully saturated rings. The Hall–Kier alpha value is -3.62. The monoisotopic (exact) mass is 471 g/mol. The Morgan fingerprint density at radius 1 is 0.889 bits per heavy atom. The molecule has 0 aliphatic heterocycles. The molecule has 4 aromatic carbocycles. The van der Waals surface area contributed by atoms with E-state index < -0.39 is 0 Å². The van der Waals surface area contributed by atoms with Crippen molar-refractivity contribution in [1.82, 2.24) is 0 Å². The number of hydrogen-bond acceptors (Lipinski definition) is 2. The van der Waals surface area contributed by atoms with Crippen LogP contribution in [0, 0.1) is 5.41 Å². The molecule has 0 saturated carbocycles. The number of nitrogens with two attached hydrogens (primary N) is 1. The van der Waals surface area contributed by atoms with Crippen LogP contribution in [0.4, 0.5) is 0 Å². The van der Waals surface area contributed by atoms with E-state index in [0.717, 1.165) is 24.2 Å². The highest BCUT2D eigenvalue weighted by Gasteiger charge is 2.23. The summed E-state index contributed by atoms with van der Waals surface area (Å²) in [7, 11) is 0. The molecule has 1 unspecified atom stereocenters. The van der Waals surface area contributed by atoms with Crippen LogP contribution in [0.2, 0.25) is 0 Å². The summed E-state index contributed by atoms with van der Waals surface area (Å²) in [4.78, 5) is 0. The van der Waals surface area contributed by atoms with Gasteiger partial charge in [-0.25, -0.2) is 0 Å². The summed E-state index contributed by atoms with van der Waals surface area (Å²) in [5, 5.41) is 5.42. The summed E-state index contributed by atoms with van der Waals surface area (Å²) in [6.45, 7) is 5.59. The lowest BCUT2D eigenvalue weighted by molar-refractivity contribution is 0.300. The van der Waals surface area contributed by atoms with Gasteiger partial charge in [-0.15, -0.1) is 0 Å². The maximum Gasteiger partial charge on any atom is 0.123 e. The van der Waals surface area contributed by atoms with Crippen molar-refractivity contribution in [3.05, 3.63) is 117 Å². The Morgan fingerprint density at radius 2 is 1.69 bits per heavy atom. The molecule has 0 spiro atoms. The van der Waals surface area contributed by atoms with Crippen molar-refractivity contribution in [2.75, 3.05) is 0 Å². The van der Waals surface area contributed by atoms with Gasteiger partial charge in [0.15, 0.2) is 0 Å². The largest absolute Gasteiger partial charge is 0.489 e. The third kappa shape index (κ3) is 4.27. The Morgan fingerprint density at radius 3 is 2.53 bits per heavy atom. The average Bonchev–Trinajstić information content (AvgIpc) is 2.91. The topological polar surface area (TPSA) is 35.2 Å². The minimum atomic E-state index is 0.0968. The van der Waals surface area contributed by atoms with Gasteiger partial charge in [0.25, 0.3) is 0 Å². The molecule has 2 nitrogen and oxygen atoms in total. The first-order chi connectivity index (χ1) is 17.5. The predicted octanol–water partition coefficient (Wildman–Crippen LogP) is 6.22. The number of allylic oxidation sites excluding steroid dienone is 1. The second kappa shape index (κ2) is 9.11. The predicted molar refractivity (Wildman–Crippen MR) is 151 cm³/mol. The molecule has 180 valence electrons. The van der Waals surface area contributed by atoms with E-state index in [1.807, 2.05) is 6.07 Å². The zero-order valence-corrected chi connectivity index (χ0v) is 21.1. The van der Waals surface area contributed by atoms with Crippen LogP contribution >= 0.6 is 0 Å². The summed E-state index contributed by atoms with van der Waals surface area (Å²) in [6.07, 6.45) is 11.4. The number of fused-ring (bicyclic) bond motifs is 5. The maximum atomic E-state index is 6.41. The third-order valence-corrected chi connectivity index (χ3v) is 7.69. The second-order valence-electron chi connectivity index (χ2n) is 10.8. The Labute approximate surface area is 213 Å². The molecule has 1 atom stereocenters. The fraction of sp³-hybridized carbons (Fsp3) is 0.235. The van der Waals surface area contributed by atoms with Gasteiger partial charge >= 0.3 is 0 Å². The van der Waals surface area contributed by atoms with E-state index in [1.54, 1.807) is 0 Å². The number of ether oxygens (including phenoxy) is 1. The molecular weight excluding hydrogens is 438 g/mol. The molecule has 6 rings (SSSR count). The highest BCUT2D eigenvalue weighted by Crippen LogP contribution is 2.37. The van der Waals surface area contributed by atoms with Gasteiger partial charge in [0.05, 0.1) is 0 Å².